The predicted molar refractivity (Wildman–Crippen MR) is 180 cm³/mol. The number of aryl methyl sites for hydroxylation is 1. The molecule has 1 saturated heterocycles. The Bertz CT molecular complexity index is 1430. The zero-order valence-electron chi connectivity index (χ0n) is 25.9. The standard InChI is InChI=1S/C34H43FN6O2S/c1-5-38-41(30-11-10-27(21-29(35)22-30)20-28-9-7-6-8-25(28)3)34(36)23-33(42)32-19-24(2)18-26(4)31(12-13-37-32)39-44-40-14-16-43-17-15-40/h5-12,18-19,21-24,30,36-37,39,42H,13-17,20H2,1-4H3/b26-18-,31-12+,32-19-,33-23?,36-34?,38-5-. The van der Waals surface area contributed by atoms with Crippen LogP contribution in [0, 0.1) is 18.3 Å². The number of nitrogens with zero attached hydrogens (tertiary/aromatic N) is 3. The fourth-order valence-corrected chi connectivity index (χ4v) is 5.83. The first-order valence-corrected chi connectivity index (χ1v) is 15.7. The molecule has 0 bridgehead atoms. The molecule has 0 saturated carbocycles. The molecule has 4 N–H and O–H groups in total. The molecule has 0 radical (unpaired) electrons. The van der Waals surface area contributed by atoms with Crippen molar-refractivity contribution in [1.29, 1.82) is 5.41 Å². The van der Waals surface area contributed by atoms with Gasteiger partial charge in [-0.15, -0.1) is 0 Å². The maximum Gasteiger partial charge on any atom is 0.145 e. The van der Waals surface area contributed by atoms with E-state index in [1.54, 1.807) is 25.3 Å². The third kappa shape index (κ3) is 9.57. The van der Waals surface area contributed by atoms with E-state index in [0.717, 1.165) is 54.3 Å². The monoisotopic (exact) mass is 618 g/mol. The van der Waals surface area contributed by atoms with Crippen LogP contribution < -0.4 is 10.0 Å². The van der Waals surface area contributed by atoms with Crippen LogP contribution in [0.3, 0.4) is 0 Å². The number of aliphatic hydroxyl groups is 1. The second-order valence-electron chi connectivity index (χ2n) is 10.9. The topological polar surface area (TPSA) is 96.2 Å². The lowest BCUT2D eigenvalue weighted by atomic mass is 10.00. The second-order valence-corrected chi connectivity index (χ2v) is 11.8. The molecule has 0 spiro atoms. The van der Waals surface area contributed by atoms with Gasteiger partial charge >= 0.3 is 0 Å². The van der Waals surface area contributed by atoms with E-state index in [9.17, 15) is 5.11 Å². The Balaban J connectivity index is 1.46. The second kappa shape index (κ2) is 16.3. The first-order chi connectivity index (χ1) is 21.2. The molecule has 2 heterocycles. The number of hydrogen-bond donors (Lipinski definition) is 4. The van der Waals surface area contributed by atoms with Crippen molar-refractivity contribution >= 4 is 24.2 Å². The number of ether oxygens (including phenoxy) is 1. The van der Waals surface area contributed by atoms with Gasteiger partial charge in [0.2, 0.25) is 0 Å². The maximum absolute atomic E-state index is 15.0. The third-order valence-corrected chi connectivity index (χ3v) is 8.29. The molecular weight excluding hydrogens is 575 g/mol. The lowest BCUT2D eigenvalue weighted by Crippen LogP contribution is -2.33. The number of nitrogens with one attached hydrogen (secondary N) is 3. The van der Waals surface area contributed by atoms with Gasteiger partial charge in [-0.25, -0.2) is 13.7 Å². The molecule has 8 nitrogen and oxygen atoms in total. The number of allylic oxidation sites excluding steroid dienone is 7. The van der Waals surface area contributed by atoms with Gasteiger partial charge in [-0.3, -0.25) is 5.41 Å². The molecule has 2 atom stereocenters. The van der Waals surface area contributed by atoms with Crippen molar-refractivity contribution in [2.45, 2.75) is 40.2 Å². The number of aliphatic hydroxyl groups excluding tert-OH is 1. The molecule has 4 rings (SSSR count). The molecule has 44 heavy (non-hydrogen) atoms. The molecule has 2 unspecified atom stereocenters. The van der Waals surface area contributed by atoms with Crippen molar-refractivity contribution < 1.29 is 14.2 Å². The van der Waals surface area contributed by atoms with Crippen LogP contribution in [0.2, 0.25) is 0 Å². The van der Waals surface area contributed by atoms with Gasteiger partial charge in [0.05, 0.1) is 25.0 Å². The van der Waals surface area contributed by atoms with E-state index in [1.165, 1.54) is 23.2 Å². The quantitative estimate of drug-likeness (QED) is 0.0834. The number of halogens is 1. The average Bonchev–Trinajstić information content (AvgIpc) is 3.14. The Morgan fingerprint density at radius 1 is 1.25 bits per heavy atom. The molecule has 3 aliphatic rings. The minimum absolute atomic E-state index is 0.00301. The number of hydrazone groups is 1. The van der Waals surface area contributed by atoms with E-state index in [4.69, 9.17) is 10.1 Å². The Labute approximate surface area is 264 Å². The van der Waals surface area contributed by atoms with Crippen molar-refractivity contribution in [2.24, 2.45) is 11.0 Å². The number of rotatable bonds is 9. The van der Waals surface area contributed by atoms with Crippen LogP contribution in [-0.4, -0.2) is 65.4 Å². The molecule has 1 aromatic rings. The van der Waals surface area contributed by atoms with Crippen LogP contribution in [0.15, 0.2) is 112 Å². The van der Waals surface area contributed by atoms with Crippen molar-refractivity contribution in [2.75, 3.05) is 32.8 Å². The zero-order valence-corrected chi connectivity index (χ0v) is 26.7. The summed E-state index contributed by atoms with van der Waals surface area (Å²) in [6, 6.07) is 7.40. The average molecular weight is 619 g/mol. The van der Waals surface area contributed by atoms with Crippen LogP contribution in [0.4, 0.5) is 4.39 Å². The van der Waals surface area contributed by atoms with Gasteiger partial charge < -0.3 is 19.9 Å². The largest absolute Gasteiger partial charge is 0.506 e. The molecule has 10 heteroatoms. The fraction of sp³-hybridized carbons (Fsp3) is 0.353. The van der Waals surface area contributed by atoms with Gasteiger partial charge in [0.1, 0.15) is 17.4 Å². The number of morpholine rings is 1. The molecule has 1 aliphatic carbocycles. The minimum atomic E-state index is -0.652. The summed E-state index contributed by atoms with van der Waals surface area (Å²) in [6.07, 6.45) is 16.2. The summed E-state index contributed by atoms with van der Waals surface area (Å²) < 4.78 is 26.2. The molecule has 2 aliphatic heterocycles. The number of benzene rings is 1. The molecular formula is C34H43FN6O2S. The zero-order chi connectivity index (χ0) is 31.5. The summed E-state index contributed by atoms with van der Waals surface area (Å²) in [5.41, 5.74) is 5.70. The van der Waals surface area contributed by atoms with E-state index in [-0.39, 0.29) is 17.5 Å². The summed E-state index contributed by atoms with van der Waals surface area (Å²) >= 11 is 1.57. The Morgan fingerprint density at radius 3 is 2.77 bits per heavy atom. The van der Waals surface area contributed by atoms with Crippen LogP contribution >= 0.6 is 12.1 Å². The van der Waals surface area contributed by atoms with Gasteiger partial charge in [0.25, 0.3) is 0 Å². The van der Waals surface area contributed by atoms with Gasteiger partial charge in [0, 0.05) is 49.8 Å². The van der Waals surface area contributed by atoms with Gasteiger partial charge in [-0.1, -0.05) is 55.5 Å². The fourth-order valence-electron chi connectivity index (χ4n) is 5.03. The normalized spacial score (nSPS) is 25.4. The Hall–Kier alpha value is -3.86. The van der Waals surface area contributed by atoms with E-state index in [0.29, 0.717) is 18.7 Å². The molecule has 234 valence electrons. The maximum atomic E-state index is 15.0. The SMILES string of the molecule is C/C=N\N(C(=N)C=C(O)/C1=C/C(C)/C=C(C)\C(NSN2CCOCC2)=C/CN1)C1C=CC(Cc2ccccc2C)=CC(F)=C1. The van der Waals surface area contributed by atoms with Crippen LogP contribution in [-0.2, 0) is 11.2 Å². The summed E-state index contributed by atoms with van der Waals surface area (Å²) in [7, 11) is 0. The van der Waals surface area contributed by atoms with Crippen molar-refractivity contribution in [3.05, 3.63) is 118 Å². The summed E-state index contributed by atoms with van der Waals surface area (Å²) in [6.45, 7) is 11.5. The van der Waals surface area contributed by atoms with E-state index >= 15 is 4.39 Å². The number of amidine groups is 1. The minimum Gasteiger partial charge on any atom is -0.506 e. The lowest BCUT2D eigenvalue weighted by molar-refractivity contribution is 0.0771. The van der Waals surface area contributed by atoms with E-state index in [1.807, 2.05) is 62.4 Å². The highest BCUT2D eigenvalue weighted by Gasteiger charge is 2.20. The summed E-state index contributed by atoms with van der Waals surface area (Å²) in [5.74, 6) is -0.579. The van der Waals surface area contributed by atoms with Crippen molar-refractivity contribution in [1.82, 2.24) is 19.4 Å². The Kier molecular flexibility index (Phi) is 12.2. The number of hydrogen-bond acceptors (Lipinski definition) is 8. The molecule has 0 aromatic heterocycles. The lowest BCUT2D eigenvalue weighted by Gasteiger charge is -2.26. The van der Waals surface area contributed by atoms with Crippen molar-refractivity contribution in [3.8, 4) is 0 Å². The summed E-state index contributed by atoms with van der Waals surface area (Å²) in [4.78, 5) is 0. The van der Waals surface area contributed by atoms with E-state index in [2.05, 4.69) is 32.4 Å². The third-order valence-electron chi connectivity index (χ3n) is 7.36. The predicted octanol–water partition coefficient (Wildman–Crippen LogP) is 6.42. The van der Waals surface area contributed by atoms with Gasteiger partial charge in [-0.2, -0.15) is 5.10 Å². The highest BCUT2D eigenvalue weighted by atomic mass is 32.2. The van der Waals surface area contributed by atoms with Crippen molar-refractivity contribution in [3.63, 3.8) is 0 Å². The van der Waals surface area contributed by atoms with Gasteiger partial charge in [-0.05, 0) is 73.6 Å². The highest BCUT2D eigenvalue weighted by Crippen LogP contribution is 2.23. The first-order valence-electron chi connectivity index (χ1n) is 14.9. The van der Waals surface area contributed by atoms with E-state index < -0.39 is 11.9 Å². The van der Waals surface area contributed by atoms with Crippen LogP contribution in [0.5, 0.6) is 0 Å². The molecule has 1 fully saturated rings. The molecule has 1 aromatic carbocycles. The van der Waals surface area contributed by atoms with Gasteiger partial charge in [0.15, 0.2) is 0 Å². The highest BCUT2D eigenvalue weighted by molar-refractivity contribution is 7.95. The summed E-state index contributed by atoms with van der Waals surface area (Å²) in [5, 5.41) is 29.0. The Morgan fingerprint density at radius 2 is 2.02 bits per heavy atom. The smallest absolute Gasteiger partial charge is 0.145 e. The molecule has 0 amide bonds. The van der Waals surface area contributed by atoms with Crippen LogP contribution in [0.25, 0.3) is 0 Å². The first kappa shape index (κ1) is 33.0. The van der Waals surface area contributed by atoms with Crippen LogP contribution in [0.1, 0.15) is 31.9 Å².